The van der Waals surface area contributed by atoms with Crippen LogP contribution in [-0.2, 0) is 18.9 Å². The Hall–Kier alpha value is -2.47. The molecule has 0 amide bonds. The zero-order valence-electron chi connectivity index (χ0n) is 17.0. The molecular formula is C17H11ClF10O6S2. The minimum absolute atomic E-state index is 0.217. The lowest BCUT2D eigenvalue weighted by Crippen LogP contribution is -2.41. The van der Waals surface area contributed by atoms with Gasteiger partial charge in [-0.1, -0.05) is 0 Å². The zero-order chi connectivity index (χ0) is 28.4. The molecule has 0 fully saturated rings. The van der Waals surface area contributed by atoms with E-state index in [9.17, 15) is 60.7 Å². The van der Waals surface area contributed by atoms with E-state index in [1.807, 2.05) is 0 Å². The number of benzene rings is 2. The van der Waals surface area contributed by atoms with Crippen molar-refractivity contribution in [1.82, 2.24) is 0 Å². The highest BCUT2D eigenvalue weighted by molar-refractivity contribution is 8.13. The lowest BCUT2D eigenvalue weighted by Gasteiger charge is -2.20. The highest BCUT2D eigenvalue weighted by atomic mass is 35.7. The van der Waals surface area contributed by atoms with Crippen LogP contribution in [0.1, 0.15) is 0 Å². The van der Waals surface area contributed by atoms with Crippen molar-refractivity contribution in [3.63, 3.8) is 0 Å². The van der Waals surface area contributed by atoms with E-state index in [1.165, 1.54) is 0 Å². The van der Waals surface area contributed by atoms with Crippen molar-refractivity contribution >= 4 is 29.6 Å². The predicted octanol–water partition coefficient (Wildman–Crippen LogP) is 5.77. The third-order valence-electron chi connectivity index (χ3n) is 3.51. The first-order valence-electron chi connectivity index (χ1n) is 8.49. The Labute approximate surface area is 200 Å². The molecule has 0 saturated heterocycles. The third-order valence-corrected chi connectivity index (χ3v) is 6.01. The van der Waals surface area contributed by atoms with E-state index >= 15 is 0 Å². The van der Waals surface area contributed by atoms with Crippen LogP contribution in [0.5, 0.6) is 11.5 Å². The Bertz CT molecular complexity index is 1140. The van der Waals surface area contributed by atoms with Crippen molar-refractivity contribution in [2.45, 2.75) is 34.4 Å². The van der Waals surface area contributed by atoms with Crippen LogP contribution < -0.4 is 9.47 Å². The fraction of sp³-hybridized carbons (Fsp3) is 0.294. The van der Waals surface area contributed by atoms with Gasteiger partial charge in [0.2, 0.25) is 0 Å². The molecule has 2 aromatic carbocycles. The Balaban J connectivity index is 0.000000360. The maximum absolute atomic E-state index is 12.5. The standard InChI is InChI=1S/C9H7F5O3S.C8H4ClF5O3S/c1-18(15,16)7-4-2-6(3-5-7)17-9(13,14)8(10,11)12;9-18(15,16)6-3-1-5(2-4-6)17-8(13,14)7(10,11)12/h2-5H,1H3;1-4H. The summed E-state index contributed by atoms with van der Waals surface area (Å²) in [5, 5.41) is 0. The molecule has 0 bridgehead atoms. The number of rotatable bonds is 6. The highest BCUT2D eigenvalue weighted by Gasteiger charge is 2.62. The summed E-state index contributed by atoms with van der Waals surface area (Å²) < 4.78 is 171. The van der Waals surface area contributed by atoms with Crippen LogP contribution in [0, 0.1) is 0 Å². The van der Waals surface area contributed by atoms with Gasteiger partial charge in [-0.05, 0) is 48.5 Å². The molecule has 36 heavy (non-hydrogen) atoms. The first kappa shape index (κ1) is 31.6. The van der Waals surface area contributed by atoms with Crippen LogP contribution in [0.25, 0.3) is 0 Å². The molecule has 0 atom stereocenters. The van der Waals surface area contributed by atoms with Gasteiger partial charge in [0.1, 0.15) is 11.5 Å². The van der Waals surface area contributed by atoms with Crippen LogP contribution >= 0.6 is 10.7 Å². The molecule has 2 aromatic rings. The minimum atomic E-state index is -5.87. The Morgan fingerprint density at radius 3 is 1.08 bits per heavy atom. The smallest absolute Gasteiger partial charge is 0.426 e. The fourth-order valence-corrected chi connectivity index (χ4v) is 3.24. The summed E-state index contributed by atoms with van der Waals surface area (Å²) >= 11 is 0. The fourth-order valence-electron chi connectivity index (χ4n) is 1.84. The molecule has 0 heterocycles. The minimum Gasteiger partial charge on any atom is -0.426 e. The van der Waals surface area contributed by atoms with E-state index in [0.29, 0.717) is 12.1 Å². The molecule has 0 N–H and O–H groups in total. The van der Waals surface area contributed by atoms with Gasteiger partial charge in [-0.3, -0.25) is 0 Å². The average molecular weight is 601 g/mol. The van der Waals surface area contributed by atoms with Crippen molar-refractivity contribution < 1.29 is 70.2 Å². The largest absolute Gasteiger partial charge is 0.499 e. The summed E-state index contributed by atoms with van der Waals surface area (Å²) in [6.07, 6.45) is -21.5. The molecular weight excluding hydrogens is 590 g/mol. The van der Waals surface area contributed by atoms with Crippen LogP contribution in [-0.4, -0.2) is 47.7 Å². The predicted molar refractivity (Wildman–Crippen MR) is 102 cm³/mol. The Morgan fingerprint density at radius 1 is 0.583 bits per heavy atom. The molecule has 0 radical (unpaired) electrons. The topological polar surface area (TPSA) is 86.7 Å². The van der Waals surface area contributed by atoms with Gasteiger partial charge >= 0.3 is 24.6 Å². The number of hydrogen-bond acceptors (Lipinski definition) is 6. The Kier molecular flexibility index (Phi) is 9.19. The molecule has 6 nitrogen and oxygen atoms in total. The molecule has 204 valence electrons. The zero-order valence-corrected chi connectivity index (χ0v) is 19.4. The van der Waals surface area contributed by atoms with Crippen LogP contribution in [0.3, 0.4) is 0 Å². The number of alkyl halides is 10. The second kappa shape index (κ2) is 10.5. The van der Waals surface area contributed by atoms with E-state index in [4.69, 9.17) is 10.7 Å². The highest BCUT2D eigenvalue weighted by Crippen LogP contribution is 2.38. The number of sulfone groups is 1. The SMILES string of the molecule is CS(=O)(=O)c1ccc(OC(F)(F)C(F)(F)F)cc1.O=S(=O)(Cl)c1ccc(OC(F)(F)C(F)(F)F)cc1. The summed E-state index contributed by atoms with van der Waals surface area (Å²) in [5.41, 5.74) is 0. The second-order valence-corrected chi connectivity index (χ2v) is 11.0. The van der Waals surface area contributed by atoms with Crippen molar-refractivity contribution in [2.75, 3.05) is 6.26 Å². The molecule has 0 aliphatic carbocycles. The summed E-state index contributed by atoms with van der Waals surface area (Å²) in [4.78, 5) is -0.669. The van der Waals surface area contributed by atoms with Crippen molar-refractivity contribution in [1.29, 1.82) is 0 Å². The third kappa shape index (κ3) is 8.88. The number of ether oxygens (including phenoxy) is 2. The normalized spacial score (nSPS) is 13.4. The van der Waals surface area contributed by atoms with Crippen molar-refractivity contribution in [3.05, 3.63) is 48.5 Å². The van der Waals surface area contributed by atoms with E-state index in [2.05, 4.69) is 9.47 Å². The monoisotopic (exact) mass is 600 g/mol. The van der Waals surface area contributed by atoms with Gasteiger partial charge in [0.15, 0.2) is 9.84 Å². The van der Waals surface area contributed by atoms with Crippen LogP contribution in [0.4, 0.5) is 43.9 Å². The molecule has 0 saturated carbocycles. The van der Waals surface area contributed by atoms with Gasteiger partial charge in [-0.15, -0.1) is 0 Å². The van der Waals surface area contributed by atoms with Gasteiger partial charge in [0, 0.05) is 16.9 Å². The second-order valence-electron chi connectivity index (χ2n) is 6.39. The van der Waals surface area contributed by atoms with E-state index < -0.39 is 59.9 Å². The summed E-state index contributed by atoms with van der Waals surface area (Å²) in [6.45, 7) is 0. The first-order chi connectivity index (χ1) is 15.9. The molecule has 0 aromatic heterocycles. The summed E-state index contributed by atoms with van der Waals surface area (Å²) in [7, 11) is -2.72. The molecule has 0 spiro atoms. The maximum Gasteiger partial charge on any atom is 0.499 e. The molecule has 2 rings (SSSR count). The molecule has 0 aliphatic rings. The van der Waals surface area contributed by atoms with Crippen molar-refractivity contribution in [3.8, 4) is 11.5 Å². The average Bonchev–Trinajstić information content (AvgIpc) is 2.65. The van der Waals surface area contributed by atoms with Gasteiger partial charge in [0.05, 0.1) is 9.79 Å². The van der Waals surface area contributed by atoms with E-state index in [-0.39, 0.29) is 4.90 Å². The summed E-state index contributed by atoms with van der Waals surface area (Å²) in [6, 6.07) is 5.93. The first-order valence-corrected chi connectivity index (χ1v) is 12.7. The van der Waals surface area contributed by atoms with Crippen LogP contribution in [0.2, 0.25) is 0 Å². The maximum atomic E-state index is 12.5. The molecule has 0 aliphatic heterocycles. The van der Waals surface area contributed by atoms with Gasteiger partial charge in [0.25, 0.3) is 9.05 Å². The van der Waals surface area contributed by atoms with E-state index in [0.717, 1.165) is 42.7 Å². The molecule has 0 unspecified atom stereocenters. The van der Waals surface area contributed by atoms with Gasteiger partial charge < -0.3 is 9.47 Å². The van der Waals surface area contributed by atoms with E-state index in [1.54, 1.807) is 0 Å². The number of hydrogen-bond donors (Lipinski definition) is 0. The number of halogens is 11. The molecule has 19 heteroatoms. The van der Waals surface area contributed by atoms with Crippen molar-refractivity contribution in [2.24, 2.45) is 0 Å². The lowest BCUT2D eigenvalue weighted by molar-refractivity contribution is -0.360. The quantitative estimate of drug-likeness (QED) is 0.309. The van der Waals surface area contributed by atoms with Gasteiger partial charge in [-0.25, -0.2) is 16.8 Å². The van der Waals surface area contributed by atoms with Crippen LogP contribution in [0.15, 0.2) is 58.3 Å². The summed E-state index contributed by atoms with van der Waals surface area (Å²) in [5.74, 6) is -1.63. The lowest BCUT2D eigenvalue weighted by atomic mass is 10.3. The van der Waals surface area contributed by atoms with Gasteiger partial charge in [-0.2, -0.15) is 43.9 Å². The Morgan fingerprint density at radius 2 is 0.861 bits per heavy atom.